The maximum atomic E-state index is 14.9. The molecule has 17 nitrogen and oxygen atoms in total. The minimum absolute atomic E-state index is 0.0870. The number of hydrogen-bond donors (Lipinski definition) is 3. The zero-order valence-electron chi connectivity index (χ0n) is 36.5. The van der Waals surface area contributed by atoms with Crippen molar-refractivity contribution in [3.63, 3.8) is 0 Å². The molecule has 4 N–H and O–H groups in total. The van der Waals surface area contributed by atoms with Crippen LogP contribution in [0.5, 0.6) is 11.5 Å². The monoisotopic (exact) mass is 893 g/mol. The lowest BCUT2D eigenvalue weighted by atomic mass is 10.1. The van der Waals surface area contributed by atoms with E-state index < -0.39 is 11.6 Å². The summed E-state index contributed by atoms with van der Waals surface area (Å²) in [5, 5.41) is 15.8. The molecule has 3 fully saturated rings. The molecule has 0 spiro atoms. The van der Waals surface area contributed by atoms with Crippen LogP contribution in [0.1, 0.15) is 49.4 Å². The number of anilines is 3. The standard InChI is InChI=1S/C30H36F2N10O.C17H13N5O/c1-19(28(43)39-10-4-3-5-11-39)18-41-23-9-8-22(31)25(32)26(23)35-24(41)17-33-29-37-30(40-14-12-38(2)13-15-40)36-27-21(20-6-7-20)16-34-42(27)29;18-16-14-15(21-22-17(14)20-10-19-16)11-6-8-13(9-7-11)23-12-4-2-1-3-5-12/h8-9,16,20H,1,3-7,10-15,17-18H2,2H3,(H,33,36,37);1-10H,(H3,18,19,20,21,22). The Bertz CT molecular complexity index is 3040. The number of ether oxygens (including phenoxy) is 1. The highest BCUT2D eigenvalue weighted by Crippen LogP contribution is 2.42. The lowest BCUT2D eigenvalue weighted by Gasteiger charge is -2.32. The Morgan fingerprint density at radius 1 is 0.909 bits per heavy atom. The highest BCUT2D eigenvalue weighted by molar-refractivity contribution is 5.97. The first-order valence-electron chi connectivity index (χ1n) is 22.2. The van der Waals surface area contributed by atoms with Gasteiger partial charge in [-0.3, -0.25) is 9.89 Å². The second kappa shape index (κ2) is 18.1. The molecule has 0 bridgehead atoms. The number of benzene rings is 3. The average Bonchev–Trinajstić information content (AvgIpc) is 3.77. The van der Waals surface area contributed by atoms with E-state index >= 15 is 0 Å². The zero-order chi connectivity index (χ0) is 45.3. The second-order valence-corrected chi connectivity index (χ2v) is 16.9. The van der Waals surface area contributed by atoms with Gasteiger partial charge in [-0.25, -0.2) is 23.7 Å². The number of rotatable bonds is 11. The quantitative estimate of drug-likeness (QED) is 0.113. The zero-order valence-corrected chi connectivity index (χ0v) is 36.5. The summed E-state index contributed by atoms with van der Waals surface area (Å²) in [5.41, 5.74) is 10.8. The van der Waals surface area contributed by atoms with Crippen LogP contribution in [0.4, 0.5) is 26.5 Å². The van der Waals surface area contributed by atoms with E-state index in [0.29, 0.717) is 59.3 Å². The molecule has 0 unspecified atom stereocenters. The minimum Gasteiger partial charge on any atom is -0.457 e. The molecule has 1 aliphatic carbocycles. The van der Waals surface area contributed by atoms with Gasteiger partial charge in [0.25, 0.3) is 5.91 Å². The van der Waals surface area contributed by atoms with Gasteiger partial charge >= 0.3 is 0 Å². The number of nitrogens with two attached hydrogens (primary N) is 1. The topological polar surface area (TPSA) is 189 Å². The van der Waals surface area contributed by atoms with Gasteiger partial charge in [0.2, 0.25) is 11.9 Å². The number of amides is 1. The molecule has 8 aromatic rings. The van der Waals surface area contributed by atoms with Crippen LogP contribution in [0.3, 0.4) is 0 Å². The fourth-order valence-corrected chi connectivity index (χ4v) is 8.46. The van der Waals surface area contributed by atoms with E-state index in [2.05, 4.69) is 59.0 Å². The number of imidazole rings is 1. The third-order valence-corrected chi connectivity index (χ3v) is 12.3. The lowest BCUT2D eigenvalue weighted by molar-refractivity contribution is -0.128. The van der Waals surface area contributed by atoms with Crippen molar-refractivity contribution >= 4 is 51.3 Å². The van der Waals surface area contributed by atoms with Gasteiger partial charge in [-0.15, -0.1) is 0 Å². The molecule has 19 heteroatoms. The van der Waals surface area contributed by atoms with E-state index in [-0.39, 0.29) is 24.5 Å². The Labute approximate surface area is 378 Å². The summed E-state index contributed by atoms with van der Waals surface area (Å²) in [7, 11) is 2.10. The van der Waals surface area contributed by atoms with Crippen molar-refractivity contribution in [2.24, 2.45) is 0 Å². The predicted molar refractivity (Wildman–Crippen MR) is 247 cm³/mol. The fourth-order valence-electron chi connectivity index (χ4n) is 8.46. The van der Waals surface area contributed by atoms with Crippen LogP contribution < -0.4 is 20.7 Å². The van der Waals surface area contributed by atoms with Gasteiger partial charge in [0.15, 0.2) is 22.9 Å². The predicted octanol–water partition coefficient (Wildman–Crippen LogP) is 6.96. The third-order valence-electron chi connectivity index (χ3n) is 12.3. The van der Waals surface area contributed by atoms with Crippen LogP contribution >= 0.6 is 0 Å². The number of nitrogens with one attached hydrogen (secondary N) is 2. The van der Waals surface area contributed by atoms with E-state index in [1.54, 1.807) is 9.08 Å². The van der Waals surface area contributed by atoms with Crippen molar-refractivity contribution in [2.45, 2.75) is 51.1 Å². The van der Waals surface area contributed by atoms with Crippen LogP contribution in [0.15, 0.2) is 91.4 Å². The maximum Gasteiger partial charge on any atom is 0.250 e. The highest BCUT2D eigenvalue weighted by Gasteiger charge is 2.30. The molecule has 5 aromatic heterocycles. The number of piperidine rings is 1. The first kappa shape index (κ1) is 42.4. The minimum atomic E-state index is -1.02. The smallest absolute Gasteiger partial charge is 0.250 e. The number of fused-ring (bicyclic) bond motifs is 3. The molecule has 7 heterocycles. The van der Waals surface area contributed by atoms with Gasteiger partial charge in [0.1, 0.15) is 35.0 Å². The first-order chi connectivity index (χ1) is 32.2. The summed E-state index contributed by atoms with van der Waals surface area (Å²) in [6.07, 6.45) is 8.53. The molecule has 2 aliphatic heterocycles. The number of piperazine rings is 1. The SMILES string of the molecule is C=C(Cn1c(CNc2nc(N3CCN(C)CC3)nc3c(C4CC4)cnn23)nc2c(F)c(F)ccc21)C(=O)N1CCCCC1.Nc1ncnc2n[nH]c(-c3ccc(Oc4ccccc4)cc3)c12. The van der Waals surface area contributed by atoms with Gasteiger partial charge in [-0.2, -0.15) is 24.7 Å². The normalized spacial score (nSPS) is 15.6. The Morgan fingerprint density at radius 3 is 2.42 bits per heavy atom. The van der Waals surface area contributed by atoms with E-state index in [1.807, 2.05) is 65.7 Å². The van der Waals surface area contributed by atoms with Gasteiger partial charge in [-0.05, 0) is 93.6 Å². The van der Waals surface area contributed by atoms with Crippen molar-refractivity contribution in [1.29, 1.82) is 0 Å². The van der Waals surface area contributed by atoms with E-state index in [9.17, 15) is 13.6 Å². The number of aromatic amines is 1. The Kier molecular flexibility index (Phi) is 11.7. The molecule has 11 rings (SSSR count). The molecular formula is C47H49F2N15O2. The number of H-pyrrole nitrogens is 1. The molecule has 1 amide bonds. The summed E-state index contributed by atoms with van der Waals surface area (Å²) in [6.45, 7) is 9.16. The van der Waals surface area contributed by atoms with Gasteiger partial charge in [0, 0.05) is 56.0 Å². The second-order valence-electron chi connectivity index (χ2n) is 16.9. The Balaban J connectivity index is 0.000000186. The highest BCUT2D eigenvalue weighted by atomic mass is 19.2. The summed E-state index contributed by atoms with van der Waals surface area (Å²) in [4.78, 5) is 41.9. The largest absolute Gasteiger partial charge is 0.457 e. The van der Waals surface area contributed by atoms with E-state index in [1.165, 1.54) is 12.4 Å². The first-order valence-corrected chi connectivity index (χ1v) is 22.2. The third kappa shape index (κ3) is 8.68. The molecule has 66 heavy (non-hydrogen) atoms. The number of aromatic nitrogens is 10. The summed E-state index contributed by atoms with van der Waals surface area (Å²) in [6, 6.07) is 19.9. The number of halogens is 2. The number of para-hydroxylation sites is 1. The van der Waals surface area contributed by atoms with Gasteiger partial charge in [0.05, 0.1) is 35.9 Å². The van der Waals surface area contributed by atoms with Crippen molar-refractivity contribution < 1.29 is 18.3 Å². The molecule has 3 aliphatic rings. The van der Waals surface area contributed by atoms with Crippen LogP contribution in [0.2, 0.25) is 0 Å². The van der Waals surface area contributed by atoms with Crippen LogP contribution in [0.25, 0.3) is 39.0 Å². The Hall–Kier alpha value is -7.54. The van der Waals surface area contributed by atoms with Crippen LogP contribution in [-0.4, -0.2) is 111 Å². The number of carbonyl (C=O) groups is 1. The summed E-state index contributed by atoms with van der Waals surface area (Å²) < 4.78 is 38.3. The molecule has 3 aromatic carbocycles. The number of carbonyl (C=O) groups excluding carboxylic acids is 1. The molecule has 338 valence electrons. The lowest BCUT2D eigenvalue weighted by Crippen LogP contribution is -2.45. The summed E-state index contributed by atoms with van der Waals surface area (Å²) >= 11 is 0. The fraction of sp³-hybridized carbons (Fsp3) is 0.319. The molecule has 0 radical (unpaired) electrons. The van der Waals surface area contributed by atoms with E-state index in [4.69, 9.17) is 20.4 Å². The molecule has 2 saturated heterocycles. The number of nitrogens with zero attached hydrogens (tertiary/aromatic N) is 12. The molecule has 0 atom stereocenters. The van der Waals surface area contributed by atoms with Crippen molar-refractivity contribution in [2.75, 3.05) is 62.3 Å². The molecular weight excluding hydrogens is 845 g/mol. The van der Waals surface area contributed by atoms with Gasteiger partial charge < -0.3 is 35.1 Å². The van der Waals surface area contributed by atoms with Gasteiger partial charge in [-0.1, -0.05) is 24.8 Å². The van der Waals surface area contributed by atoms with E-state index in [0.717, 1.165) is 104 Å². The van der Waals surface area contributed by atoms with Crippen molar-refractivity contribution in [3.05, 3.63) is 114 Å². The number of likely N-dealkylation sites (N-methyl/N-ethyl adjacent to an activating group) is 1. The van der Waals surface area contributed by atoms with Crippen molar-refractivity contribution in [1.82, 2.24) is 59.1 Å². The van der Waals surface area contributed by atoms with Crippen molar-refractivity contribution in [3.8, 4) is 22.8 Å². The summed E-state index contributed by atoms with van der Waals surface area (Å²) in [5.74, 6) is 1.84. The van der Waals surface area contributed by atoms with Crippen LogP contribution in [-0.2, 0) is 17.9 Å². The number of hydrogen-bond acceptors (Lipinski definition) is 13. The van der Waals surface area contributed by atoms with Crippen LogP contribution in [0, 0.1) is 11.6 Å². The number of nitrogen functional groups attached to an aromatic ring is 1. The maximum absolute atomic E-state index is 14.9. The Morgan fingerprint density at radius 2 is 1.67 bits per heavy atom. The molecule has 1 saturated carbocycles. The number of likely N-dealkylation sites (tertiary alicyclic amines) is 1. The average molecular weight is 894 g/mol.